The molecule has 1 amide bonds. The second-order valence-corrected chi connectivity index (χ2v) is 10.3. The maximum absolute atomic E-state index is 14.2. The molecule has 4 rings (SSSR count). The maximum Gasteiger partial charge on any atom is 0.417 e. The molecule has 1 aromatic carbocycles. The molecule has 0 spiro atoms. The molecule has 2 aliphatic heterocycles. The summed E-state index contributed by atoms with van der Waals surface area (Å²) in [6.07, 6.45) is -1.60. The Bertz CT molecular complexity index is 1400. The van der Waals surface area contributed by atoms with E-state index in [4.69, 9.17) is 18.9 Å². The standard InChI is InChI=1S/C15H20FN5O4.C14H15F5O2.C2H6/c1-17-3-5-25-7-6-24-4-2-14(23)21(16)13-8-11-15(19-10-18-11)12(9-22)20-13;1-7-9(6-21-13(7,2)14(17,18)19)8-4-5-10(15)11(16)12(8)20-3;1-2/h6-9,17-19H,2-5,10H2,1H3;4-5,7,9H,6H2,1-3H3;1-2H3/b7-6-;;/t;7?,9?,13-;/m.1./s1. The molecule has 3 N–H and O–H groups in total. The Morgan fingerprint density at radius 3 is 2.44 bits per heavy atom. The topological polar surface area (TPSA) is 123 Å². The van der Waals surface area contributed by atoms with Gasteiger partial charge in [-0.2, -0.15) is 17.6 Å². The molecule has 2 aromatic rings. The molecule has 2 aliphatic rings. The highest BCUT2D eigenvalue weighted by molar-refractivity contribution is 5.95. The predicted octanol–water partition coefficient (Wildman–Crippen LogP) is 6.09. The fourth-order valence-corrected chi connectivity index (χ4v) is 4.71. The van der Waals surface area contributed by atoms with Crippen LogP contribution in [0.15, 0.2) is 30.7 Å². The van der Waals surface area contributed by atoms with Crippen LogP contribution in [-0.4, -0.2) is 76.1 Å². The van der Waals surface area contributed by atoms with Gasteiger partial charge in [-0.3, -0.25) is 9.59 Å². The Hall–Kier alpha value is -4.25. The third-order valence-electron chi connectivity index (χ3n) is 7.54. The molecule has 0 aliphatic carbocycles. The largest absolute Gasteiger partial charge is 0.497 e. The summed E-state index contributed by atoms with van der Waals surface area (Å²) in [5.74, 6) is -5.48. The molecular weight excluding hydrogens is 652 g/mol. The van der Waals surface area contributed by atoms with Crippen molar-refractivity contribution in [1.29, 1.82) is 0 Å². The zero-order chi connectivity index (χ0) is 36.1. The fourth-order valence-electron chi connectivity index (χ4n) is 4.71. The number of carbonyl (C=O) groups excluding carboxylic acids is 2. The number of pyridine rings is 1. The van der Waals surface area contributed by atoms with Crippen LogP contribution in [0.25, 0.3) is 0 Å². The van der Waals surface area contributed by atoms with E-state index in [-0.39, 0.29) is 47.6 Å². The SMILES string of the molecule is CC.CNCCO/C=C\OCCC(=O)N(F)c1cc2c(c(C=O)n1)NCN2.COc1c(C2CO[C@@](C)(C(F)(F)F)C2C)ccc(F)c1F. The van der Waals surface area contributed by atoms with Gasteiger partial charge in [0, 0.05) is 30.0 Å². The van der Waals surface area contributed by atoms with E-state index in [1.807, 2.05) is 13.8 Å². The first-order valence-corrected chi connectivity index (χ1v) is 15.0. The van der Waals surface area contributed by atoms with Gasteiger partial charge in [0.1, 0.15) is 18.2 Å². The number of likely N-dealkylation sites (N-methyl/N-ethyl adjacent to an activating group) is 1. The van der Waals surface area contributed by atoms with E-state index in [1.165, 1.54) is 31.6 Å². The lowest BCUT2D eigenvalue weighted by molar-refractivity contribution is -0.266. The molecule has 268 valence electrons. The fraction of sp³-hybridized carbons (Fsp3) is 0.516. The summed E-state index contributed by atoms with van der Waals surface area (Å²) in [6, 6.07) is 3.48. The Kier molecular flexibility index (Phi) is 15.3. The van der Waals surface area contributed by atoms with Crippen LogP contribution < -0.4 is 25.8 Å². The number of ether oxygens (including phenoxy) is 4. The number of aldehydes is 1. The van der Waals surface area contributed by atoms with Crippen LogP contribution in [0.1, 0.15) is 56.1 Å². The first-order chi connectivity index (χ1) is 22.8. The third-order valence-corrected chi connectivity index (χ3v) is 7.54. The lowest BCUT2D eigenvalue weighted by Crippen LogP contribution is -2.46. The van der Waals surface area contributed by atoms with Crippen molar-refractivity contribution < 1.29 is 55.0 Å². The minimum atomic E-state index is -4.55. The number of carbonyl (C=O) groups is 2. The molecule has 3 heterocycles. The molecule has 0 saturated carbocycles. The molecule has 1 saturated heterocycles. The van der Waals surface area contributed by atoms with Crippen molar-refractivity contribution in [2.75, 3.05) is 62.9 Å². The van der Waals surface area contributed by atoms with E-state index in [0.717, 1.165) is 20.1 Å². The summed E-state index contributed by atoms with van der Waals surface area (Å²) in [6.45, 7) is 7.67. The molecule has 2 unspecified atom stereocenters. The number of amides is 1. The lowest BCUT2D eigenvalue weighted by Gasteiger charge is -2.32. The van der Waals surface area contributed by atoms with Gasteiger partial charge < -0.3 is 34.9 Å². The van der Waals surface area contributed by atoms with Gasteiger partial charge >= 0.3 is 6.18 Å². The second kappa shape index (κ2) is 18.3. The van der Waals surface area contributed by atoms with Crippen LogP contribution in [0.5, 0.6) is 5.75 Å². The Labute approximate surface area is 274 Å². The summed E-state index contributed by atoms with van der Waals surface area (Å²) in [7, 11) is 2.95. The molecule has 17 heteroatoms. The Morgan fingerprint density at radius 1 is 1.19 bits per heavy atom. The summed E-state index contributed by atoms with van der Waals surface area (Å²) >= 11 is 0. The molecule has 1 fully saturated rings. The van der Waals surface area contributed by atoms with E-state index < -0.39 is 41.2 Å². The molecular formula is C31H41F6N5O6. The lowest BCUT2D eigenvalue weighted by atomic mass is 9.79. The second-order valence-electron chi connectivity index (χ2n) is 10.3. The molecule has 3 atom stereocenters. The van der Waals surface area contributed by atoms with Crippen LogP contribution >= 0.6 is 0 Å². The van der Waals surface area contributed by atoms with E-state index in [9.17, 15) is 36.0 Å². The van der Waals surface area contributed by atoms with Crippen LogP contribution in [0.4, 0.5) is 43.6 Å². The Morgan fingerprint density at radius 2 is 1.85 bits per heavy atom. The van der Waals surface area contributed by atoms with Crippen molar-refractivity contribution in [1.82, 2.24) is 10.3 Å². The molecule has 48 heavy (non-hydrogen) atoms. The monoisotopic (exact) mass is 693 g/mol. The summed E-state index contributed by atoms with van der Waals surface area (Å²) in [5, 5.41) is 8.65. The third kappa shape index (κ3) is 9.43. The van der Waals surface area contributed by atoms with Gasteiger partial charge in [-0.15, -0.1) is 5.12 Å². The van der Waals surface area contributed by atoms with Crippen LogP contribution in [0, 0.1) is 17.6 Å². The highest BCUT2D eigenvalue weighted by Gasteiger charge is 2.61. The number of aromatic nitrogens is 1. The van der Waals surface area contributed by atoms with Crippen LogP contribution in [0.2, 0.25) is 0 Å². The normalized spacial score (nSPS) is 19.5. The number of alkyl halides is 3. The van der Waals surface area contributed by atoms with E-state index in [2.05, 4.69) is 20.9 Å². The minimum absolute atomic E-state index is 0.0174. The average molecular weight is 694 g/mol. The number of anilines is 3. The predicted molar refractivity (Wildman–Crippen MR) is 166 cm³/mol. The zero-order valence-electron chi connectivity index (χ0n) is 27.5. The number of hydrogen-bond acceptors (Lipinski definition) is 10. The number of halogens is 6. The van der Waals surface area contributed by atoms with E-state index >= 15 is 0 Å². The first-order valence-electron chi connectivity index (χ1n) is 15.0. The van der Waals surface area contributed by atoms with Crippen LogP contribution in [-0.2, 0) is 19.0 Å². The van der Waals surface area contributed by atoms with Gasteiger partial charge in [0.25, 0.3) is 5.91 Å². The smallest absolute Gasteiger partial charge is 0.417 e. The maximum atomic E-state index is 14.2. The highest BCUT2D eigenvalue weighted by Crippen LogP contribution is 2.51. The van der Waals surface area contributed by atoms with Crippen molar-refractivity contribution >= 4 is 29.4 Å². The molecule has 0 bridgehead atoms. The number of rotatable bonds is 12. The average Bonchev–Trinajstić information content (AvgIpc) is 3.68. The zero-order valence-corrected chi connectivity index (χ0v) is 27.5. The Balaban J connectivity index is 0.000000321. The quantitative estimate of drug-likeness (QED) is 0.0792. The highest BCUT2D eigenvalue weighted by atomic mass is 19.4. The van der Waals surface area contributed by atoms with Crippen molar-refractivity contribution in [3.63, 3.8) is 0 Å². The van der Waals surface area contributed by atoms with Crippen LogP contribution in [0.3, 0.4) is 0 Å². The number of benzene rings is 1. The van der Waals surface area contributed by atoms with Gasteiger partial charge in [-0.1, -0.05) is 31.3 Å². The number of methoxy groups -OCH3 is 1. The van der Waals surface area contributed by atoms with Gasteiger partial charge in [-0.05, 0) is 20.0 Å². The van der Waals surface area contributed by atoms with Gasteiger partial charge in [0.05, 0.1) is 51.4 Å². The number of nitrogens with one attached hydrogen (secondary N) is 3. The molecule has 1 aromatic heterocycles. The van der Waals surface area contributed by atoms with Crippen molar-refractivity contribution in [3.8, 4) is 5.75 Å². The van der Waals surface area contributed by atoms with Crippen molar-refractivity contribution in [3.05, 3.63) is 53.6 Å². The van der Waals surface area contributed by atoms with Crippen molar-refractivity contribution in [2.45, 2.75) is 51.8 Å². The summed E-state index contributed by atoms with van der Waals surface area (Å²) in [5.41, 5.74) is -1.11. The number of nitrogens with zero attached hydrogens (tertiary/aromatic N) is 2. The van der Waals surface area contributed by atoms with Gasteiger partial charge in [0.2, 0.25) is 5.82 Å². The number of fused-ring (bicyclic) bond motifs is 1. The first kappa shape index (κ1) is 39.9. The van der Waals surface area contributed by atoms with E-state index in [1.54, 1.807) is 7.05 Å². The van der Waals surface area contributed by atoms with Crippen molar-refractivity contribution in [2.24, 2.45) is 5.92 Å². The van der Waals surface area contributed by atoms with Gasteiger partial charge in [-0.25, -0.2) is 9.37 Å². The number of hydrogen-bond donors (Lipinski definition) is 3. The molecule has 11 nitrogen and oxygen atoms in total. The van der Waals surface area contributed by atoms with Gasteiger partial charge in [0.15, 0.2) is 29.3 Å². The van der Waals surface area contributed by atoms with E-state index in [0.29, 0.717) is 37.5 Å². The molecule has 0 radical (unpaired) electrons. The summed E-state index contributed by atoms with van der Waals surface area (Å²) in [4.78, 5) is 26.8. The minimum Gasteiger partial charge on any atom is -0.497 e. The summed E-state index contributed by atoms with van der Waals surface area (Å²) < 4.78 is 100.